The van der Waals surface area contributed by atoms with Crippen LogP contribution in [0.4, 0.5) is 34.1 Å². The normalized spacial score (nSPS) is 11.2. The highest BCUT2D eigenvalue weighted by Gasteiger charge is 2.15. The highest BCUT2D eigenvalue weighted by Crippen LogP contribution is 2.39. The van der Waals surface area contributed by atoms with Crippen molar-refractivity contribution in [1.29, 1.82) is 0 Å². The van der Waals surface area contributed by atoms with Gasteiger partial charge in [-0.25, -0.2) is 0 Å². The Bertz CT molecular complexity index is 2560. The van der Waals surface area contributed by atoms with E-state index in [0.717, 1.165) is 34.1 Å². The molecule has 0 unspecified atom stereocenters. The number of rotatable bonds is 8. The number of anilines is 6. The van der Waals surface area contributed by atoms with Gasteiger partial charge in [0.05, 0.1) is 0 Å². The predicted octanol–water partition coefficient (Wildman–Crippen LogP) is 15.5. The SMILES string of the molecule is Cc1cccc(N(c2ccc(-c3ccc4ccc5ccc(-c6ccc(N(c7cccc(C)c7)c7cccc(C)c7)cc6)cc5c4c3)cc2)c2cccc(C)c2)c1. The second kappa shape index (κ2) is 14.7. The van der Waals surface area contributed by atoms with Crippen molar-refractivity contribution in [2.24, 2.45) is 0 Å². The Balaban J connectivity index is 1.06. The molecule has 0 bridgehead atoms. The van der Waals surface area contributed by atoms with Crippen LogP contribution in [0.15, 0.2) is 194 Å². The van der Waals surface area contributed by atoms with Crippen molar-refractivity contribution in [3.63, 3.8) is 0 Å². The van der Waals surface area contributed by atoms with Crippen LogP contribution in [0.5, 0.6) is 0 Å². The summed E-state index contributed by atoms with van der Waals surface area (Å²) in [5.74, 6) is 0. The van der Waals surface area contributed by atoms with Crippen LogP contribution in [0, 0.1) is 27.7 Å². The van der Waals surface area contributed by atoms with Crippen molar-refractivity contribution in [1.82, 2.24) is 0 Å². The molecule has 0 aliphatic heterocycles. The molecule has 0 aliphatic carbocycles. The van der Waals surface area contributed by atoms with E-state index in [4.69, 9.17) is 0 Å². The van der Waals surface area contributed by atoms with Crippen LogP contribution < -0.4 is 9.80 Å². The van der Waals surface area contributed by atoms with Crippen LogP contribution in [0.3, 0.4) is 0 Å². The lowest BCUT2D eigenvalue weighted by Crippen LogP contribution is -2.10. The van der Waals surface area contributed by atoms with Gasteiger partial charge in [0.15, 0.2) is 0 Å². The van der Waals surface area contributed by atoms with Crippen molar-refractivity contribution in [3.8, 4) is 22.3 Å². The van der Waals surface area contributed by atoms with Crippen molar-refractivity contribution < 1.29 is 0 Å². The van der Waals surface area contributed by atoms with Crippen molar-refractivity contribution in [3.05, 3.63) is 216 Å². The number of hydrogen-bond acceptors (Lipinski definition) is 2. The van der Waals surface area contributed by atoms with Gasteiger partial charge >= 0.3 is 0 Å². The first-order chi connectivity index (χ1) is 27.4. The molecule has 2 nitrogen and oxygen atoms in total. The molecule has 56 heavy (non-hydrogen) atoms. The fourth-order valence-electron chi connectivity index (χ4n) is 7.98. The summed E-state index contributed by atoms with van der Waals surface area (Å²) in [7, 11) is 0. The Morgan fingerprint density at radius 3 is 0.839 bits per heavy atom. The second-order valence-electron chi connectivity index (χ2n) is 15.1. The fourth-order valence-corrected chi connectivity index (χ4v) is 7.98. The van der Waals surface area contributed by atoms with E-state index >= 15 is 0 Å². The first kappa shape index (κ1) is 34.8. The molecule has 0 saturated heterocycles. The molecule has 0 amide bonds. The maximum absolute atomic E-state index is 2.36. The minimum Gasteiger partial charge on any atom is -0.310 e. The minimum atomic E-state index is 1.13. The summed E-state index contributed by atoms with van der Waals surface area (Å²) in [4.78, 5) is 4.68. The molecular weight excluding hydrogens is 677 g/mol. The number of fused-ring (bicyclic) bond motifs is 3. The van der Waals surface area contributed by atoms with E-state index in [9.17, 15) is 0 Å². The van der Waals surface area contributed by atoms with Crippen LogP contribution in [-0.2, 0) is 0 Å². The molecule has 0 heterocycles. The number of hydrogen-bond donors (Lipinski definition) is 0. The zero-order chi connectivity index (χ0) is 38.2. The van der Waals surface area contributed by atoms with Gasteiger partial charge in [-0.3, -0.25) is 0 Å². The van der Waals surface area contributed by atoms with E-state index in [1.54, 1.807) is 0 Å². The topological polar surface area (TPSA) is 6.48 Å². The number of nitrogens with zero attached hydrogens (tertiary/aromatic N) is 2. The standard InChI is InChI=1S/C54H44N2/c1-37-9-5-13-49(31-37)55(50-14-6-10-38(2)32-50)47-27-23-41(24-28-47)45-21-19-43-17-18-44-20-22-46(36-54(44)53(43)35-45)42-25-29-48(30-26-42)56(51-15-7-11-39(3)33-51)52-16-8-12-40(4)34-52/h5-36H,1-4H3. The third-order valence-electron chi connectivity index (χ3n) is 10.8. The third kappa shape index (κ3) is 6.94. The van der Waals surface area contributed by atoms with Gasteiger partial charge in [-0.05, 0) is 179 Å². The van der Waals surface area contributed by atoms with E-state index < -0.39 is 0 Å². The Kier molecular flexibility index (Phi) is 9.17. The predicted molar refractivity (Wildman–Crippen MR) is 241 cm³/mol. The molecule has 9 rings (SSSR count). The second-order valence-corrected chi connectivity index (χ2v) is 15.1. The van der Waals surface area contributed by atoms with Gasteiger partial charge in [0.1, 0.15) is 0 Å². The van der Waals surface area contributed by atoms with Gasteiger partial charge in [0.25, 0.3) is 0 Å². The lowest BCUT2D eigenvalue weighted by molar-refractivity contribution is 1.26. The number of benzene rings is 9. The molecule has 9 aromatic rings. The maximum Gasteiger partial charge on any atom is 0.0464 e. The van der Waals surface area contributed by atoms with Gasteiger partial charge in [0.2, 0.25) is 0 Å². The highest BCUT2D eigenvalue weighted by atomic mass is 15.1. The summed E-state index contributed by atoms with van der Waals surface area (Å²) in [6.07, 6.45) is 0. The van der Waals surface area contributed by atoms with Crippen LogP contribution in [0.25, 0.3) is 43.8 Å². The Morgan fingerprint density at radius 2 is 0.536 bits per heavy atom. The van der Waals surface area contributed by atoms with Crippen molar-refractivity contribution in [2.45, 2.75) is 27.7 Å². The lowest BCUT2D eigenvalue weighted by Gasteiger charge is -2.26. The molecular formula is C54H44N2. The molecule has 2 heteroatoms. The van der Waals surface area contributed by atoms with E-state index in [1.165, 1.54) is 66.1 Å². The Labute approximate surface area is 330 Å². The van der Waals surface area contributed by atoms with Gasteiger partial charge in [-0.2, -0.15) is 0 Å². The molecule has 9 aromatic carbocycles. The van der Waals surface area contributed by atoms with Crippen LogP contribution in [-0.4, -0.2) is 0 Å². The average molecular weight is 721 g/mol. The molecule has 0 saturated carbocycles. The molecule has 0 N–H and O–H groups in total. The first-order valence-corrected chi connectivity index (χ1v) is 19.4. The molecule has 0 radical (unpaired) electrons. The minimum absolute atomic E-state index is 1.13. The molecule has 0 spiro atoms. The summed E-state index contributed by atoms with van der Waals surface area (Å²) in [6.45, 7) is 8.60. The van der Waals surface area contributed by atoms with E-state index in [2.05, 4.69) is 232 Å². The van der Waals surface area contributed by atoms with E-state index in [0.29, 0.717) is 0 Å². The first-order valence-electron chi connectivity index (χ1n) is 19.4. The van der Waals surface area contributed by atoms with E-state index in [-0.39, 0.29) is 0 Å². The summed E-state index contributed by atoms with van der Waals surface area (Å²) in [5.41, 5.74) is 16.6. The van der Waals surface area contributed by atoms with Crippen LogP contribution in [0.1, 0.15) is 22.3 Å². The number of aryl methyl sites for hydroxylation is 4. The summed E-state index contributed by atoms with van der Waals surface area (Å²) in [5, 5.41) is 4.99. The highest BCUT2D eigenvalue weighted by molar-refractivity contribution is 6.10. The zero-order valence-electron chi connectivity index (χ0n) is 32.4. The summed E-state index contributed by atoms with van der Waals surface area (Å²) < 4.78 is 0. The summed E-state index contributed by atoms with van der Waals surface area (Å²) >= 11 is 0. The molecule has 0 aliphatic rings. The molecule has 270 valence electrons. The Morgan fingerprint density at radius 1 is 0.250 bits per heavy atom. The lowest BCUT2D eigenvalue weighted by atomic mass is 9.94. The van der Waals surface area contributed by atoms with Gasteiger partial charge in [-0.1, -0.05) is 109 Å². The quantitative estimate of drug-likeness (QED) is 0.144. The smallest absolute Gasteiger partial charge is 0.0464 e. The van der Waals surface area contributed by atoms with E-state index in [1.807, 2.05) is 0 Å². The van der Waals surface area contributed by atoms with Gasteiger partial charge < -0.3 is 9.80 Å². The average Bonchev–Trinajstić information content (AvgIpc) is 3.21. The van der Waals surface area contributed by atoms with Gasteiger partial charge in [0, 0.05) is 34.1 Å². The third-order valence-corrected chi connectivity index (χ3v) is 10.8. The Hall–Kier alpha value is -6.90. The van der Waals surface area contributed by atoms with Crippen LogP contribution in [0.2, 0.25) is 0 Å². The molecule has 0 aromatic heterocycles. The van der Waals surface area contributed by atoms with Crippen LogP contribution >= 0.6 is 0 Å². The van der Waals surface area contributed by atoms with Crippen molar-refractivity contribution >= 4 is 55.7 Å². The zero-order valence-corrected chi connectivity index (χ0v) is 32.4. The fraction of sp³-hybridized carbons (Fsp3) is 0.0741. The largest absolute Gasteiger partial charge is 0.310 e. The van der Waals surface area contributed by atoms with Gasteiger partial charge in [-0.15, -0.1) is 0 Å². The monoisotopic (exact) mass is 720 g/mol. The maximum atomic E-state index is 2.36. The molecule has 0 fully saturated rings. The molecule has 0 atom stereocenters. The summed E-state index contributed by atoms with van der Waals surface area (Å²) in [6, 6.07) is 71.1. The van der Waals surface area contributed by atoms with Crippen molar-refractivity contribution in [2.75, 3.05) is 9.80 Å².